The van der Waals surface area contributed by atoms with Gasteiger partial charge in [0.15, 0.2) is 0 Å². The molecule has 122 valence electrons. The number of hydrogen-bond donors (Lipinski definition) is 2. The van der Waals surface area contributed by atoms with Gasteiger partial charge in [-0.05, 0) is 42.5 Å². The summed E-state index contributed by atoms with van der Waals surface area (Å²) in [4.78, 5) is 22.9. The van der Waals surface area contributed by atoms with E-state index in [0.29, 0.717) is 18.4 Å². The fourth-order valence-electron chi connectivity index (χ4n) is 2.15. The van der Waals surface area contributed by atoms with E-state index in [1.165, 1.54) is 12.1 Å². The lowest BCUT2D eigenvalue weighted by Gasteiger charge is -2.15. The zero-order valence-electron chi connectivity index (χ0n) is 12.7. The molecule has 1 rings (SSSR count). The Kier molecular flexibility index (Phi) is 7.51. The smallest absolute Gasteiger partial charge is 0.308 e. The number of benzene rings is 1. The van der Waals surface area contributed by atoms with E-state index in [0.717, 1.165) is 4.47 Å². The first-order valence-corrected chi connectivity index (χ1v) is 8.02. The maximum absolute atomic E-state index is 13.1. The van der Waals surface area contributed by atoms with Crippen LogP contribution in [0.2, 0.25) is 0 Å². The normalized spacial score (nSPS) is 12.2. The van der Waals surface area contributed by atoms with Crippen LogP contribution in [0.3, 0.4) is 0 Å². The molecule has 0 fully saturated rings. The Morgan fingerprint density at radius 1 is 1.36 bits per heavy atom. The molecular weight excluding hydrogens is 353 g/mol. The summed E-state index contributed by atoms with van der Waals surface area (Å²) >= 11 is 3.31. The molecule has 0 aliphatic rings. The Bertz CT molecular complexity index is 534. The number of carbonyl (C=O) groups is 2. The molecule has 0 saturated carbocycles. The molecule has 4 nitrogen and oxygen atoms in total. The summed E-state index contributed by atoms with van der Waals surface area (Å²) in [6, 6.07) is 4.33. The van der Waals surface area contributed by atoms with Crippen LogP contribution in [0.15, 0.2) is 22.7 Å². The van der Waals surface area contributed by atoms with Gasteiger partial charge >= 0.3 is 5.97 Å². The Balaban J connectivity index is 2.45. The summed E-state index contributed by atoms with van der Waals surface area (Å²) in [6.07, 6.45) is 1.10. The number of carboxylic acid groups (broad SMARTS) is 1. The van der Waals surface area contributed by atoms with E-state index in [-0.39, 0.29) is 30.6 Å². The number of rotatable bonds is 8. The summed E-state index contributed by atoms with van der Waals surface area (Å²) in [6.45, 7) is 4.01. The molecular formula is C16H21BrFNO3. The minimum atomic E-state index is -0.901. The van der Waals surface area contributed by atoms with Crippen molar-refractivity contribution in [3.63, 3.8) is 0 Å². The van der Waals surface area contributed by atoms with E-state index >= 15 is 0 Å². The largest absolute Gasteiger partial charge is 0.481 e. The van der Waals surface area contributed by atoms with Gasteiger partial charge in [0.1, 0.15) is 5.82 Å². The third-order valence-corrected chi connectivity index (χ3v) is 4.05. The third kappa shape index (κ3) is 6.56. The molecule has 1 atom stereocenters. The number of aryl methyl sites for hydroxylation is 1. The molecule has 0 heterocycles. The lowest BCUT2D eigenvalue weighted by Crippen LogP contribution is -2.33. The van der Waals surface area contributed by atoms with Crippen molar-refractivity contribution in [1.29, 1.82) is 0 Å². The number of nitrogens with one attached hydrogen (secondary N) is 1. The average Bonchev–Trinajstić information content (AvgIpc) is 2.43. The number of amides is 1. The lowest BCUT2D eigenvalue weighted by molar-refractivity contribution is -0.142. The van der Waals surface area contributed by atoms with Crippen molar-refractivity contribution in [2.45, 2.75) is 33.1 Å². The number of hydrogen-bond acceptors (Lipinski definition) is 2. The summed E-state index contributed by atoms with van der Waals surface area (Å²) in [7, 11) is 0. The van der Waals surface area contributed by atoms with Crippen molar-refractivity contribution in [2.24, 2.45) is 11.8 Å². The number of carbonyl (C=O) groups excluding carboxylic acids is 1. The SMILES string of the molecule is CC(C)CC(CNC(=O)CCc1cc(F)ccc1Br)C(=O)O. The first-order chi connectivity index (χ1) is 10.3. The molecule has 22 heavy (non-hydrogen) atoms. The molecule has 0 aliphatic carbocycles. The van der Waals surface area contributed by atoms with Gasteiger partial charge in [-0.1, -0.05) is 29.8 Å². The van der Waals surface area contributed by atoms with Gasteiger partial charge < -0.3 is 10.4 Å². The molecule has 1 aromatic carbocycles. The molecule has 0 saturated heterocycles. The second kappa shape index (κ2) is 8.88. The summed E-state index contributed by atoms with van der Waals surface area (Å²) in [5.74, 6) is -1.80. The van der Waals surface area contributed by atoms with Crippen LogP contribution in [0.4, 0.5) is 4.39 Å². The molecule has 0 aliphatic heterocycles. The van der Waals surface area contributed by atoms with Crippen molar-refractivity contribution >= 4 is 27.8 Å². The van der Waals surface area contributed by atoms with E-state index in [1.54, 1.807) is 6.07 Å². The second-order valence-electron chi connectivity index (χ2n) is 5.70. The minimum Gasteiger partial charge on any atom is -0.481 e. The summed E-state index contributed by atoms with van der Waals surface area (Å²) in [5.41, 5.74) is 0.715. The average molecular weight is 374 g/mol. The number of carboxylic acids is 1. The molecule has 0 radical (unpaired) electrons. The van der Waals surface area contributed by atoms with E-state index in [1.807, 2.05) is 13.8 Å². The van der Waals surface area contributed by atoms with Crippen LogP contribution in [0.1, 0.15) is 32.3 Å². The standard InChI is InChI=1S/C16H21BrFNO3/c1-10(2)7-12(16(21)22)9-19-15(20)6-3-11-8-13(18)4-5-14(11)17/h4-5,8,10,12H,3,6-7,9H2,1-2H3,(H,19,20)(H,21,22). The van der Waals surface area contributed by atoms with Crippen molar-refractivity contribution in [3.8, 4) is 0 Å². The topological polar surface area (TPSA) is 66.4 Å². The van der Waals surface area contributed by atoms with E-state index in [2.05, 4.69) is 21.2 Å². The van der Waals surface area contributed by atoms with Gasteiger partial charge in [-0.3, -0.25) is 9.59 Å². The first-order valence-electron chi connectivity index (χ1n) is 7.23. The molecule has 0 spiro atoms. The Labute approximate surface area is 138 Å². The van der Waals surface area contributed by atoms with Gasteiger partial charge in [0.2, 0.25) is 5.91 Å². The maximum Gasteiger partial charge on any atom is 0.308 e. The molecule has 2 N–H and O–H groups in total. The van der Waals surface area contributed by atoms with Crippen LogP contribution in [0.5, 0.6) is 0 Å². The third-order valence-electron chi connectivity index (χ3n) is 3.28. The highest BCUT2D eigenvalue weighted by Gasteiger charge is 2.19. The van der Waals surface area contributed by atoms with Crippen LogP contribution in [-0.2, 0) is 16.0 Å². The maximum atomic E-state index is 13.1. The predicted molar refractivity (Wildman–Crippen MR) is 86.0 cm³/mol. The molecule has 6 heteroatoms. The second-order valence-corrected chi connectivity index (χ2v) is 6.56. The Morgan fingerprint density at radius 3 is 2.64 bits per heavy atom. The quantitative estimate of drug-likeness (QED) is 0.733. The lowest BCUT2D eigenvalue weighted by atomic mass is 9.97. The summed E-state index contributed by atoms with van der Waals surface area (Å²) < 4.78 is 13.9. The van der Waals surface area contributed by atoms with E-state index in [9.17, 15) is 14.0 Å². The van der Waals surface area contributed by atoms with Crippen LogP contribution in [0.25, 0.3) is 0 Å². The van der Waals surface area contributed by atoms with Crippen LogP contribution in [0, 0.1) is 17.7 Å². The highest BCUT2D eigenvalue weighted by molar-refractivity contribution is 9.10. The minimum absolute atomic E-state index is 0.122. The Hall–Kier alpha value is -1.43. The Morgan fingerprint density at radius 2 is 2.05 bits per heavy atom. The fraction of sp³-hybridized carbons (Fsp3) is 0.500. The molecule has 0 aromatic heterocycles. The molecule has 1 aromatic rings. The van der Waals surface area contributed by atoms with Gasteiger partial charge in [-0.25, -0.2) is 4.39 Å². The highest BCUT2D eigenvalue weighted by Crippen LogP contribution is 2.19. The molecule has 0 bridgehead atoms. The van der Waals surface area contributed by atoms with Crippen LogP contribution in [-0.4, -0.2) is 23.5 Å². The van der Waals surface area contributed by atoms with E-state index < -0.39 is 11.9 Å². The predicted octanol–water partition coefficient (Wildman–Crippen LogP) is 3.38. The van der Waals surface area contributed by atoms with Gasteiger partial charge in [0, 0.05) is 17.4 Å². The van der Waals surface area contributed by atoms with Gasteiger partial charge in [0.25, 0.3) is 0 Å². The van der Waals surface area contributed by atoms with Crippen molar-refractivity contribution in [1.82, 2.24) is 5.32 Å². The van der Waals surface area contributed by atoms with Gasteiger partial charge in [-0.2, -0.15) is 0 Å². The van der Waals surface area contributed by atoms with Crippen LogP contribution < -0.4 is 5.32 Å². The van der Waals surface area contributed by atoms with Crippen molar-refractivity contribution < 1.29 is 19.1 Å². The molecule has 1 amide bonds. The van der Waals surface area contributed by atoms with Crippen molar-refractivity contribution in [3.05, 3.63) is 34.1 Å². The van der Waals surface area contributed by atoms with Crippen LogP contribution >= 0.6 is 15.9 Å². The van der Waals surface area contributed by atoms with E-state index in [4.69, 9.17) is 5.11 Å². The monoisotopic (exact) mass is 373 g/mol. The summed E-state index contributed by atoms with van der Waals surface area (Å²) in [5, 5.41) is 11.8. The number of halogens is 2. The zero-order chi connectivity index (χ0) is 16.7. The van der Waals surface area contributed by atoms with Gasteiger partial charge in [0.05, 0.1) is 5.92 Å². The number of aliphatic carboxylic acids is 1. The highest BCUT2D eigenvalue weighted by atomic mass is 79.9. The zero-order valence-corrected chi connectivity index (χ0v) is 14.3. The van der Waals surface area contributed by atoms with Crippen molar-refractivity contribution in [2.75, 3.05) is 6.54 Å². The first kappa shape index (κ1) is 18.6. The molecule has 1 unspecified atom stereocenters. The fourth-order valence-corrected chi connectivity index (χ4v) is 2.59. The van der Waals surface area contributed by atoms with Gasteiger partial charge in [-0.15, -0.1) is 0 Å².